The van der Waals surface area contributed by atoms with Gasteiger partial charge in [-0.15, -0.1) is 0 Å². The van der Waals surface area contributed by atoms with E-state index in [1.54, 1.807) is 7.05 Å². The highest BCUT2D eigenvalue weighted by Gasteiger charge is 2.23. The van der Waals surface area contributed by atoms with Gasteiger partial charge in [0.15, 0.2) is 0 Å². The molecule has 1 aromatic carbocycles. The maximum absolute atomic E-state index is 11.3. The zero-order chi connectivity index (χ0) is 19.1. The predicted octanol–water partition coefficient (Wildman–Crippen LogP) is 4.07. The maximum atomic E-state index is 11.3. The molecule has 3 rings (SSSR count). The number of aromatic nitrogens is 1. The fraction of sp³-hybridized carbons (Fsp3) is 0.455. The van der Waals surface area contributed by atoms with E-state index < -0.39 is 0 Å². The van der Waals surface area contributed by atoms with Crippen LogP contribution in [0.1, 0.15) is 43.7 Å². The number of amides is 1. The molecule has 0 spiro atoms. The van der Waals surface area contributed by atoms with Crippen molar-refractivity contribution >= 4 is 6.09 Å². The molecule has 0 aliphatic heterocycles. The number of carbonyl (C=O) groups is 1. The monoisotopic (exact) mass is 367 g/mol. The van der Waals surface area contributed by atoms with Crippen molar-refractivity contribution in [1.82, 2.24) is 15.6 Å². The summed E-state index contributed by atoms with van der Waals surface area (Å²) in [7, 11) is 1.60. The van der Waals surface area contributed by atoms with E-state index in [9.17, 15) is 4.79 Å². The number of hydrogen-bond acceptors (Lipinski definition) is 4. The maximum Gasteiger partial charge on any atom is 0.407 e. The van der Waals surface area contributed by atoms with Crippen LogP contribution in [0.2, 0.25) is 0 Å². The summed E-state index contributed by atoms with van der Waals surface area (Å²) in [6.45, 7) is 3.07. The number of benzene rings is 1. The molecule has 2 N–H and O–H groups in total. The van der Waals surface area contributed by atoms with Crippen LogP contribution in [0.15, 0.2) is 42.7 Å². The van der Waals surface area contributed by atoms with Crippen LogP contribution >= 0.6 is 0 Å². The number of carbonyl (C=O) groups excluding carboxylic acids is 1. The zero-order valence-electron chi connectivity index (χ0n) is 16.2. The lowest BCUT2D eigenvalue weighted by atomic mass is 9.92. The summed E-state index contributed by atoms with van der Waals surface area (Å²) in [5.41, 5.74) is 5.17. The van der Waals surface area contributed by atoms with Crippen LogP contribution in [0.25, 0.3) is 11.1 Å². The van der Waals surface area contributed by atoms with Gasteiger partial charge < -0.3 is 15.4 Å². The summed E-state index contributed by atoms with van der Waals surface area (Å²) in [5, 5.41) is 6.23. The van der Waals surface area contributed by atoms with E-state index in [0.717, 1.165) is 38.6 Å². The Morgan fingerprint density at radius 3 is 2.48 bits per heavy atom. The molecule has 2 aromatic rings. The Hall–Kier alpha value is -2.40. The minimum absolute atomic E-state index is 0.0456. The second-order valence-electron chi connectivity index (χ2n) is 7.08. The second kappa shape index (κ2) is 9.51. The molecular weight excluding hydrogens is 338 g/mol. The quantitative estimate of drug-likeness (QED) is 0.808. The van der Waals surface area contributed by atoms with E-state index in [0.29, 0.717) is 6.04 Å². The Labute approximate surface area is 161 Å². The molecule has 1 aromatic heterocycles. The molecule has 27 heavy (non-hydrogen) atoms. The highest BCUT2D eigenvalue weighted by molar-refractivity contribution is 5.66. The predicted molar refractivity (Wildman–Crippen MR) is 107 cm³/mol. The topological polar surface area (TPSA) is 63.3 Å². The highest BCUT2D eigenvalue weighted by atomic mass is 16.6. The third kappa shape index (κ3) is 5.30. The van der Waals surface area contributed by atoms with Crippen molar-refractivity contribution in [3.8, 4) is 11.1 Å². The average Bonchev–Trinajstić information content (AvgIpc) is 2.73. The van der Waals surface area contributed by atoms with Gasteiger partial charge in [0.1, 0.15) is 6.10 Å². The van der Waals surface area contributed by atoms with Gasteiger partial charge >= 0.3 is 6.09 Å². The van der Waals surface area contributed by atoms with Gasteiger partial charge in [0.25, 0.3) is 0 Å². The van der Waals surface area contributed by atoms with Crippen molar-refractivity contribution < 1.29 is 9.53 Å². The number of hydrogen-bond donors (Lipinski definition) is 2. The van der Waals surface area contributed by atoms with Crippen LogP contribution in [0.5, 0.6) is 0 Å². The summed E-state index contributed by atoms with van der Waals surface area (Å²) in [4.78, 5) is 15.4. The Morgan fingerprint density at radius 2 is 1.81 bits per heavy atom. The second-order valence-corrected chi connectivity index (χ2v) is 7.08. The van der Waals surface area contributed by atoms with E-state index >= 15 is 0 Å². The summed E-state index contributed by atoms with van der Waals surface area (Å²) in [5.74, 6) is 0. The number of pyridine rings is 1. The standard InChI is InChI=1S/C22H29N3O2/c1-3-16-4-5-18(17-10-12-24-13-11-17)14-19(16)15-25-20-6-8-21(9-7-20)27-22(26)23-2/h4-5,10-14,20-21,25H,3,6-9,15H2,1-2H3,(H,23,26). The Morgan fingerprint density at radius 1 is 1.07 bits per heavy atom. The third-order valence-electron chi connectivity index (χ3n) is 5.33. The van der Waals surface area contributed by atoms with Gasteiger partial charge in [-0.1, -0.05) is 19.1 Å². The average molecular weight is 367 g/mol. The highest BCUT2D eigenvalue weighted by Crippen LogP contribution is 2.24. The van der Waals surface area contributed by atoms with Crippen LogP contribution < -0.4 is 10.6 Å². The largest absolute Gasteiger partial charge is 0.446 e. The lowest BCUT2D eigenvalue weighted by Crippen LogP contribution is -2.37. The molecule has 0 bridgehead atoms. The van der Waals surface area contributed by atoms with Crippen molar-refractivity contribution in [2.24, 2.45) is 0 Å². The van der Waals surface area contributed by atoms with Crippen LogP contribution in [0.4, 0.5) is 4.79 Å². The Kier molecular flexibility index (Phi) is 6.82. The summed E-state index contributed by atoms with van der Waals surface area (Å²) in [6.07, 6.45) is 8.32. The van der Waals surface area contributed by atoms with Gasteiger partial charge in [0, 0.05) is 32.0 Å². The third-order valence-corrected chi connectivity index (χ3v) is 5.33. The molecule has 1 fully saturated rings. The van der Waals surface area contributed by atoms with Crippen LogP contribution in [0, 0.1) is 0 Å². The first-order valence-electron chi connectivity index (χ1n) is 9.83. The van der Waals surface area contributed by atoms with E-state index in [-0.39, 0.29) is 12.2 Å². The molecule has 5 nitrogen and oxygen atoms in total. The van der Waals surface area contributed by atoms with Gasteiger partial charge in [-0.25, -0.2) is 4.79 Å². The fourth-order valence-corrected chi connectivity index (χ4v) is 3.71. The Balaban J connectivity index is 1.58. The Bertz CT molecular complexity index is 740. The van der Waals surface area contributed by atoms with Crippen LogP contribution in [-0.4, -0.2) is 30.3 Å². The van der Waals surface area contributed by atoms with E-state index in [4.69, 9.17) is 4.74 Å². The fourth-order valence-electron chi connectivity index (χ4n) is 3.71. The number of ether oxygens (including phenoxy) is 1. The van der Waals surface area contributed by atoms with Crippen molar-refractivity contribution in [1.29, 1.82) is 0 Å². The molecule has 0 radical (unpaired) electrons. The smallest absolute Gasteiger partial charge is 0.407 e. The molecule has 1 heterocycles. The van der Waals surface area contributed by atoms with Gasteiger partial charge in [0.2, 0.25) is 0 Å². The molecule has 5 heteroatoms. The number of nitrogens with one attached hydrogen (secondary N) is 2. The molecule has 1 saturated carbocycles. The van der Waals surface area contributed by atoms with Gasteiger partial charge in [-0.05, 0) is 72.6 Å². The van der Waals surface area contributed by atoms with E-state index in [1.165, 1.54) is 22.3 Å². The first-order valence-corrected chi connectivity index (χ1v) is 9.83. The minimum Gasteiger partial charge on any atom is -0.446 e. The number of nitrogens with zero attached hydrogens (tertiary/aromatic N) is 1. The minimum atomic E-state index is -0.327. The van der Waals surface area contributed by atoms with Crippen LogP contribution in [0.3, 0.4) is 0 Å². The zero-order valence-corrected chi connectivity index (χ0v) is 16.2. The molecular formula is C22H29N3O2. The van der Waals surface area contributed by atoms with Gasteiger partial charge in [0.05, 0.1) is 0 Å². The van der Waals surface area contributed by atoms with Crippen LogP contribution in [-0.2, 0) is 17.7 Å². The SMILES string of the molecule is CCc1ccc(-c2ccncc2)cc1CNC1CCC(OC(=O)NC)CC1. The lowest BCUT2D eigenvalue weighted by Gasteiger charge is -2.29. The van der Waals surface area contributed by atoms with Crippen molar-refractivity contribution in [2.45, 2.75) is 57.7 Å². The van der Waals surface area contributed by atoms with Crippen molar-refractivity contribution in [2.75, 3.05) is 7.05 Å². The number of aryl methyl sites for hydroxylation is 1. The normalized spacial score (nSPS) is 19.5. The number of rotatable bonds is 6. The summed E-state index contributed by atoms with van der Waals surface area (Å²) < 4.78 is 5.37. The lowest BCUT2D eigenvalue weighted by molar-refractivity contribution is 0.0701. The van der Waals surface area contributed by atoms with E-state index in [1.807, 2.05) is 24.5 Å². The molecule has 1 aliphatic carbocycles. The first kappa shape index (κ1) is 19.4. The number of alkyl carbamates (subject to hydrolysis) is 1. The summed E-state index contributed by atoms with van der Waals surface area (Å²) in [6, 6.07) is 11.3. The summed E-state index contributed by atoms with van der Waals surface area (Å²) >= 11 is 0. The van der Waals surface area contributed by atoms with Gasteiger partial charge in [-0.3, -0.25) is 4.98 Å². The molecule has 1 aliphatic rings. The van der Waals surface area contributed by atoms with Crippen molar-refractivity contribution in [3.05, 3.63) is 53.9 Å². The van der Waals surface area contributed by atoms with Gasteiger partial charge in [-0.2, -0.15) is 0 Å². The van der Waals surface area contributed by atoms with E-state index in [2.05, 4.69) is 40.7 Å². The molecule has 144 valence electrons. The molecule has 0 saturated heterocycles. The van der Waals surface area contributed by atoms with Crippen molar-refractivity contribution in [3.63, 3.8) is 0 Å². The molecule has 1 amide bonds. The molecule has 0 atom stereocenters. The first-order chi connectivity index (χ1) is 13.2. The molecule has 0 unspecified atom stereocenters.